The summed E-state index contributed by atoms with van der Waals surface area (Å²) in [5.41, 5.74) is 2.83. The molecule has 1 fully saturated rings. The third-order valence-electron chi connectivity index (χ3n) is 4.47. The van der Waals surface area contributed by atoms with Gasteiger partial charge < -0.3 is 5.21 Å². The Morgan fingerprint density at radius 1 is 1.57 bits per heavy atom. The van der Waals surface area contributed by atoms with E-state index in [2.05, 4.69) is 10.7 Å². The highest BCUT2D eigenvalue weighted by molar-refractivity contribution is 5.96. The number of halogens is 1. The average molecular weight is 397 g/mol. The van der Waals surface area contributed by atoms with Crippen molar-refractivity contribution in [3.63, 3.8) is 0 Å². The first-order valence-corrected chi connectivity index (χ1v) is 9.04. The number of unbranched alkanes of at least 4 members (excludes halogenated alkanes) is 1. The quantitative estimate of drug-likeness (QED) is 0.179. The molecule has 28 heavy (non-hydrogen) atoms. The van der Waals surface area contributed by atoms with Gasteiger partial charge in [-0.15, -0.1) is 0 Å². The first kappa shape index (κ1) is 21.5. The van der Waals surface area contributed by atoms with Crippen molar-refractivity contribution in [3.05, 3.63) is 29.4 Å². The molecular formula is C17H24FN5O5. The van der Waals surface area contributed by atoms with E-state index in [1.165, 1.54) is 5.01 Å². The van der Waals surface area contributed by atoms with Crippen LogP contribution in [0.3, 0.4) is 0 Å². The van der Waals surface area contributed by atoms with E-state index < -0.39 is 29.6 Å². The van der Waals surface area contributed by atoms with Crippen LogP contribution in [0, 0.1) is 16.9 Å². The molecule has 154 valence electrons. The van der Waals surface area contributed by atoms with Crippen molar-refractivity contribution in [2.24, 2.45) is 5.92 Å². The molecule has 11 heteroatoms. The molecule has 1 aliphatic rings. The fourth-order valence-corrected chi connectivity index (χ4v) is 3.01. The van der Waals surface area contributed by atoms with Crippen LogP contribution in [-0.4, -0.2) is 52.6 Å². The van der Waals surface area contributed by atoms with Crippen molar-refractivity contribution in [1.29, 1.82) is 0 Å². The Morgan fingerprint density at radius 2 is 2.32 bits per heavy atom. The molecule has 1 aromatic heterocycles. The maximum Gasteiger partial charge on any atom is 0.331 e. The highest BCUT2D eigenvalue weighted by Gasteiger charge is 2.39. The molecule has 0 aromatic carbocycles. The number of hydrogen-bond donors (Lipinski definition) is 3. The lowest BCUT2D eigenvalue weighted by molar-refractivity contribution is -0.591. The molecule has 2 heterocycles. The number of carbonyl (C=O) groups is 3. The van der Waals surface area contributed by atoms with Gasteiger partial charge in [-0.25, -0.2) is 29.7 Å². The van der Waals surface area contributed by atoms with Gasteiger partial charge >= 0.3 is 5.91 Å². The van der Waals surface area contributed by atoms with Crippen molar-refractivity contribution in [2.45, 2.75) is 38.6 Å². The number of aromatic nitrogens is 1. The van der Waals surface area contributed by atoms with Crippen LogP contribution in [0.5, 0.6) is 0 Å². The van der Waals surface area contributed by atoms with E-state index >= 15 is 0 Å². The number of anilines is 1. The number of pyridine rings is 1. The molecule has 0 spiro atoms. The van der Waals surface area contributed by atoms with E-state index in [9.17, 15) is 29.2 Å². The fourth-order valence-electron chi connectivity index (χ4n) is 3.01. The van der Waals surface area contributed by atoms with E-state index in [0.717, 1.165) is 18.6 Å². The molecule has 0 unspecified atom stereocenters. The molecule has 3 amide bonds. The number of carbonyl (C=O) groups excluding carboxylic acids is 3. The van der Waals surface area contributed by atoms with E-state index in [1.807, 2.05) is 6.92 Å². The second kappa shape index (κ2) is 9.95. The van der Waals surface area contributed by atoms with Crippen molar-refractivity contribution >= 4 is 24.0 Å². The minimum Gasteiger partial charge on any atom is -0.711 e. The first-order chi connectivity index (χ1) is 13.4. The SMILES string of the molecule is CCCC[C@H](CN(O)C=O)C(=O)N1NCC[C@H]1C(=O)Nc1ccc(F)c[n+]1[O-]. The average Bonchev–Trinajstić information content (AvgIpc) is 3.16. The van der Waals surface area contributed by atoms with E-state index in [0.29, 0.717) is 37.1 Å². The summed E-state index contributed by atoms with van der Waals surface area (Å²) < 4.78 is 13.2. The molecule has 0 radical (unpaired) electrons. The van der Waals surface area contributed by atoms with Gasteiger partial charge in [-0.3, -0.25) is 19.8 Å². The van der Waals surface area contributed by atoms with Crippen molar-refractivity contribution in [2.75, 3.05) is 18.4 Å². The van der Waals surface area contributed by atoms with Gasteiger partial charge in [-0.2, -0.15) is 0 Å². The van der Waals surface area contributed by atoms with Crippen LogP contribution in [0.15, 0.2) is 18.3 Å². The zero-order valence-electron chi connectivity index (χ0n) is 15.5. The highest BCUT2D eigenvalue weighted by atomic mass is 19.1. The summed E-state index contributed by atoms with van der Waals surface area (Å²) >= 11 is 0. The molecule has 3 N–H and O–H groups in total. The molecule has 1 aromatic rings. The van der Waals surface area contributed by atoms with Crippen molar-refractivity contribution in [1.82, 2.24) is 15.5 Å². The summed E-state index contributed by atoms with van der Waals surface area (Å²) in [6, 6.07) is 1.28. The summed E-state index contributed by atoms with van der Waals surface area (Å²) in [6.45, 7) is 2.12. The van der Waals surface area contributed by atoms with Gasteiger partial charge in [0.1, 0.15) is 6.20 Å². The number of amides is 3. The lowest BCUT2D eigenvalue weighted by Gasteiger charge is -2.27. The summed E-state index contributed by atoms with van der Waals surface area (Å²) in [6.07, 6.45) is 3.18. The number of nitrogens with zero attached hydrogens (tertiary/aromatic N) is 3. The molecule has 2 rings (SSSR count). The van der Waals surface area contributed by atoms with Gasteiger partial charge in [-0.05, 0) is 18.9 Å². The van der Waals surface area contributed by atoms with Crippen LogP contribution in [-0.2, 0) is 14.4 Å². The Bertz CT molecular complexity index is 719. The fraction of sp³-hybridized carbons (Fsp3) is 0.529. The highest BCUT2D eigenvalue weighted by Crippen LogP contribution is 2.19. The van der Waals surface area contributed by atoms with Gasteiger partial charge in [0.05, 0.1) is 12.5 Å². The monoisotopic (exact) mass is 397 g/mol. The Hall–Kier alpha value is -2.79. The van der Waals surface area contributed by atoms with E-state index in [-0.39, 0.29) is 23.5 Å². The summed E-state index contributed by atoms with van der Waals surface area (Å²) in [5.74, 6) is -2.61. The number of hydrogen-bond acceptors (Lipinski definition) is 6. The van der Waals surface area contributed by atoms with Gasteiger partial charge in [0.2, 0.25) is 12.3 Å². The van der Waals surface area contributed by atoms with Crippen LogP contribution in [0.25, 0.3) is 0 Å². The number of hydrazine groups is 1. The van der Waals surface area contributed by atoms with Crippen molar-refractivity contribution in [3.8, 4) is 0 Å². The van der Waals surface area contributed by atoms with E-state index in [4.69, 9.17) is 0 Å². The number of rotatable bonds is 9. The predicted octanol–water partition coefficient (Wildman–Crippen LogP) is 0.157. The summed E-state index contributed by atoms with van der Waals surface area (Å²) in [5, 5.41) is 25.1. The Labute approximate surface area is 161 Å². The van der Waals surface area contributed by atoms with Crippen LogP contribution in [0.2, 0.25) is 0 Å². The standard InChI is InChI=1S/C17H24FN5O5/c1-2-3-4-12(9-21(27)11-24)17(26)23-14(7-8-19-23)16(25)20-15-6-5-13(18)10-22(15)28/h5-6,10-12,14,19,27H,2-4,7-9H2,1H3,(H,20,25)/t12-,14+/m1/s1. The Kier molecular flexibility index (Phi) is 7.64. The van der Waals surface area contributed by atoms with Crippen LogP contribution in [0.4, 0.5) is 10.2 Å². The molecular weight excluding hydrogens is 373 g/mol. The predicted molar refractivity (Wildman–Crippen MR) is 94.8 cm³/mol. The molecule has 0 aliphatic carbocycles. The molecule has 0 saturated carbocycles. The maximum atomic E-state index is 13.0. The Morgan fingerprint density at radius 3 is 2.96 bits per heavy atom. The van der Waals surface area contributed by atoms with Gasteiger partial charge in [0, 0.05) is 12.6 Å². The first-order valence-electron chi connectivity index (χ1n) is 9.04. The normalized spacial score (nSPS) is 17.2. The smallest absolute Gasteiger partial charge is 0.331 e. The van der Waals surface area contributed by atoms with Crippen LogP contribution < -0.4 is 15.5 Å². The number of hydroxylamine groups is 2. The molecule has 1 aliphatic heterocycles. The van der Waals surface area contributed by atoms with Crippen molar-refractivity contribution < 1.29 is 28.7 Å². The van der Waals surface area contributed by atoms with Gasteiger partial charge in [0.15, 0.2) is 11.9 Å². The zero-order chi connectivity index (χ0) is 20.7. The van der Waals surface area contributed by atoms with E-state index in [1.54, 1.807) is 0 Å². The molecule has 2 atom stereocenters. The molecule has 0 bridgehead atoms. The molecule has 1 saturated heterocycles. The second-order valence-corrected chi connectivity index (χ2v) is 6.54. The van der Waals surface area contributed by atoms with Gasteiger partial charge in [0.25, 0.3) is 5.82 Å². The third-order valence-corrected chi connectivity index (χ3v) is 4.47. The topological polar surface area (TPSA) is 129 Å². The minimum atomic E-state index is -0.884. The summed E-state index contributed by atoms with van der Waals surface area (Å²) in [7, 11) is 0. The zero-order valence-corrected chi connectivity index (χ0v) is 15.5. The van der Waals surface area contributed by atoms with Crippen LogP contribution >= 0.6 is 0 Å². The van der Waals surface area contributed by atoms with Crippen LogP contribution in [0.1, 0.15) is 32.6 Å². The lowest BCUT2D eigenvalue weighted by atomic mass is 10.00. The minimum absolute atomic E-state index is 0.157. The Balaban J connectivity index is 2.10. The largest absolute Gasteiger partial charge is 0.711 e. The van der Waals surface area contributed by atoms with Gasteiger partial charge in [-0.1, -0.05) is 19.8 Å². The molecule has 10 nitrogen and oxygen atoms in total. The second-order valence-electron chi connectivity index (χ2n) is 6.54. The third kappa shape index (κ3) is 5.36. The lowest BCUT2D eigenvalue weighted by Crippen LogP contribution is -2.52. The summed E-state index contributed by atoms with van der Waals surface area (Å²) in [4.78, 5) is 36.2. The maximum absolute atomic E-state index is 13.0. The number of nitrogens with one attached hydrogen (secondary N) is 2.